The van der Waals surface area contributed by atoms with Crippen LogP contribution < -0.4 is 5.73 Å². The molecule has 17 heavy (non-hydrogen) atoms. The minimum absolute atomic E-state index is 0.284. The van der Waals surface area contributed by atoms with Crippen molar-refractivity contribution < 1.29 is 14.3 Å². The molecule has 4 heteroatoms. The maximum atomic E-state index is 10.8. The number of methoxy groups -OCH3 is 1. The van der Waals surface area contributed by atoms with Gasteiger partial charge in [0, 0.05) is 7.11 Å². The van der Waals surface area contributed by atoms with E-state index >= 15 is 0 Å². The summed E-state index contributed by atoms with van der Waals surface area (Å²) >= 11 is 0. The van der Waals surface area contributed by atoms with Gasteiger partial charge in [0.2, 0.25) is 0 Å². The SMILES string of the molecule is CCC(OC(N)=O)C(OC)c1ccccc1C. The van der Waals surface area contributed by atoms with Crippen molar-refractivity contribution in [1.29, 1.82) is 0 Å². The number of rotatable bonds is 5. The van der Waals surface area contributed by atoms with Gasteiger partial charge in [0.15, 0.2) is 0 Å². The highest BCUT2D eigenvalue weighted by Crippen LogP contribution is 2.27. The van der Waals surface area contributed by atoms with Crippen LogP contribution in [0.5, 0.6) is 0 Å². The van der Waals surface area contributed by atoms with Crippen LogP contribution in [0.1, 0.15) is 30.6 Å². The second-order valence-corrected chi connectivity index (χ2v) is 3.90. The molecule has 0 aliphatic heterocycles. The van der Waals surface area contributed by atoms with Crippen molar-refractivity contribution in [2.45, 2.75) is 32.5 Å². The topological polar surface area (TPSA) is 61.5 Å². The first-order chi connectivity index (χ1) is 8.10. The van der Waals surface area contributed by atoms with Crippen LogP contribution in [-0.2, 0) is 9.47 Å². The number of hydrogen-bond acceptors (Lipinski definition) is 3. The van der Waals surface area contributed by atoms with E-state index in [0.29, 0.717) is 6.42 Å². The Balaban J connectivity index is 2.97. The molecule has 1 aromatic carbocycles. The van der Waals surface area contributed by atoms with E-state index in [1.54, 1.807) is 7.11 Å². The zero-order valence-electron chi connectivity index (χ0n) is 10.5. The van der Waals surface area contributed by atoms with E-state index in [0.717, 1.165) is 11.1 Å². The third-order valence-electron chi connectivity index (χ3n) is 2.76. The molecule has 2 atom stereocenters. The summed E-state index contributed by atoms with van der Waals surface area (Å²) in [5.41, 5.74) is 7.18. The van der Waals surface area contributed by atoms with Crippen LogP contribution in [-0.4, -0.2) is 19.3 Å². The average molecular weight is 237 g/mol. The third kappa shape index (κ3) is 3.46. The van der Waals surface area contributed by atoms with E-state index in [1.807, 2.05) is 38.1 Å². The number of ether oxygens (including phenoxy) is 2. The molecule has 1 amide bonds. The van der Waals surface area contributed by atoms with Gasteiger partial charge in [-0.2, -0.15) is 0 Å². The minimum atomic E-state index is -0.771. The summed E-state index contributed by atoms with van der Waals surface area (Å²) in [6.07, 6.45) is -0.768. The van der Waals surface area contributed by atoms with Gasteiger partial charge in [-0.25, -0.2) is 4.79 Å². The van der Waals surface area contributed by atoms with Crippen molar-refractivity contribution >= 4 is 6.09 Å². The summed E-state index contributed by atoms with van der Waals surface area (Å²) < 4.78 is 10.5. The molecular formula is C13H19NO3. The lowest BCUT2D eigenvalue weighted by Gasteiger charge is -2.25. The molecule has 1 rings (SSSR count). The van der Waals surface area contributed by atoms with Crippen molar-refractivity contribution in [1.82, 2.24) is 0 Å². The molecule has 2 N–H and O–H groups in total. The van der Waals surface area contributed by atoms with E-state index < -0.39 is 6.09 Å². The van der Waals surface area contributed by atoms with Crippen LogP contribution in [0, 0.1) is 6.92 Å². The molecule has 0 aliphatic carbocycles. The van der Waals surface area contributed by atoms with Crippen molar-refractivity contribution in [3.8, 4) is 0 Å². The highest BCUT2D eigenvalue weighted by molar-refractivity contribution is 5.64. The molecule has 0 saturated heterocycles. The van der Waals surface area contributed by atoms with Crippen molar-refractivity contribution in [3.63, 3.8) is 0 Å². The van der Waals surface area contributed by atoms with E-state index in [-0.39, 0.29) is 12.2 Å². The molecule has 0 aliphatic rings. The number of benzene rings is 1. The number of carbonyl (C=O) groups is 1. The van der Waals surface area contributed by atoms with E-state index in [9.17, 15) is 4.79 Å². The fourth-order valence-corrected chi connectivity index (χ4v) is 1.89. The first kappa shape index (κ1) is 13.5. The Hall–Kier alpha value is -1.55. The van der Waals surface area contributed by atoms with Gasteiger partial charge in [0.05, 0.1) is 0 Å². The van der Waals surface area contributed by atoms with Gasteiger partial charge in [-0.15, -0.1) is 0 Å². The molecule has 0 heterocycles. The summed E-state index contributed by atoms with van der Waals surface area (Å²) in [6, 6.07) is 7.86. The lowest BCUT2D eigenvalue weighted by atomic mass is 9.98. The van der Waals surface area contributed by atoms with Gasteiger partial charge in [-0.3, -0.25) is 0 Å². The number of amides is 1. The molecule has 0 bridgehead atoms. The van der Waals surface area contributed by atoms with Gasteiger partial charge in [0.25, 0.3) is 0 Å². The molecule has 1 aromatic rings. The standard InChI is InChI=1S/C13H19NO3/c1-4-11(17-13(14)15)12(16-3)10-8-6-5-7-9(10)2/h5-8,11-12H,4H2,1-3H3,(H2,14,15). The Morgan fingerprint density at radius 3 is 2.53 bits per heavy atom. The molecule has 0 saturated carbocycles. The van der Waals surface area contributed by atoms with Gasteiger partial charge in [-0.1, -0.05) is 31.2 Å². The summed E-state index contributed by atoms with van der Waals surface area (Å²) in [7, 11) is 1.60. The van der Waals surface area contributed by atoms with Gasteiger partial charge in [0.1, 0.15) is 12.2 Å². The molecule has 0 radical (unpaired) electrons. The smallest absolute Gasteiger partial charge is 0.404 e. The number of nitrogens with two attached hydrogens (primary N) is 1. The lowest BCUT2D eigenvalue weighted by Crippen LogP contribution is -2.29. The predicted molar refractivity (Wildman–Crippen MR) is 65.7 cm³/mol. The highest BCUT2D eigenvalue weighted by atomic mass is 16.6. The fraction of sp³-hybridized carbons (Fsp3) is 0.462. The molecule has 0 fully saturated rings. The minimum Gasteiger partial charge on any atom is -0.443 e. The Labute approximate surface area is 102 Å². The second-order valence-electron chi connectivity index (χ2n) is 3.90. The number of primary amides is 1. The number of hydrogen-bond donors (Lipinski definition) is 1. The monoisotopic (exact) mass is 237 g/mol. The maximum Gasteiger partial charge on any atom is 0.404 e. The molecule has 0 aromatic heterocycles. The van der Waals surface area contributed by atoms with Crippen molar-refractivity contribution in [3.05, 3.63) is 35.4 Å². The van der Waals surface area contributed by atoms with Gasteiger partial charge < -0.3 is 15.2 Å². The second kappa shape index (κ2) is 6.25. The van der Waals surface area contributed by atoms with Gasteiger partial charge >= 0.3 is 6.09 Å². The zero-order valence-corrected chi connectivity index (χ0v) is 10.5. The largest absolute Gasteiger partial charge is 0.443 e. The van der Waals surface area contributed by atoms with Crippen molar-refractivity contribution in [2.75, 3.05) is 7.11 Å². The summed E-state index contributed by atoms with van der Waals surface area (Å²) in [5.74, 6) is 0. The summed E-state index contributed by atoms with van der Waals surface area (Å²) in [4.78, 5) is 10.8. The van der Waals surface area contributed by atoms with Crippen LogP contribution in [0.15, 0.2) is 24.3 Å². The van der Waals surface area contributed by atoms with Crippen LogP contribution in [0.4, 0.5) is 4.79 Å². The molecular weight excluding hydrogens is 218 g/mol. The average Bonchev–Trinajstić information content (AvgIpc) is 2.30. The van der Waals surface area contributed by atoms with Crippen LogP contribution >= 0.6 is 0 Å². The summed E-state index contributed by atoms with van der Waals surface area (Å²) in [5, 5.41) is 0. The van der Waals surface area contributed by atoms with Crippen molar-refractivity contribution in [2.24, 2.45) is 5.73 Å². The Kier molecular flexibility index (Phi) is 4.97. The lowest BCUT2D eigenvalue weighted by molar-refractivity contribution is -0.0230. The Bertz CT molecular complexity index is 379. The molecule has 94 valence electrons. The Morgan fingerprint density at radius 1 is 1.41 bits per heavy atom. The molecule has 2 unspecified atom stereocenters. The molecule has 0 spiro atoms. The number of carbonyl (C=O) groups excluding carboxylic acids is 1. The van der Waals surface area contributed by atoms with Crippen LogP contribution in [0.3, 0.4) is 0 Å². The van der Waals surface area contributed by atoms with E-state index in [4.69, 9.17) is 15.2 Å². The predicted octanol–water partition coefficient (Wildman–Crippen LogP) is 2.56. The number of aryl methyl sites for hydroxylation is 1. The zero-order chi connectivity index (χ0) is 12.8. The fourth-order valence-electron chi connectivity index (χ4n) is 1.89. The van der Waals surface area contributed by atoms with E-state index in [2.05, 4.69) is 0 Å². The first-order valence-corrected chi connectivity index (χ1v) is 5.64. The highest BCUT2D eigenvalue weighted by Gasteiger charge is 2.25. The third-order valence-corrected chi connectivity index (χ3v) is 2.76. The van der Waals surface area contributed by atoms with E-state index in [1.165, 1.54) is 0 Å². The maximum absolute atomic E-state index is 10.8. The van der Waals surface area contributed by atoms with Gasteiger partial charge in [-0.05, 0) is 24.5 Å². The van der Waals surface area contributed by atoms with Crippen LogP contribution in [0.25, 0.3) is 0 Å². The molecule has 4 nitrogen and oxygen atoms in total. The van der Waals surface area contributed by atoms with Crippen LogP contribution in [0.2, 0.25) is 0 Å². The Morgan fingerprint density at radius 2 is 2.06 bits per heavy atom. The summed E-state index contributed by atoms with van der Waals surface area (Å²) in [6.45, 7) is 3.93. The quantitative estimate of drug-likeness (QED) is 0.856. The first-order valence-electron chi connectivity index (χ1n) is 5.64. The normalized spacial score (nSPS) is 14.1.